The van der Waals surface area contributed by atoms with Gasteiger partial charge in [0.1, 0.15) is 11.0 Å². The Hall–Kier alpha value is -1.31. The topological polar surface area (TPSA) is 67.9 Å². The van der Waals surface area contributed by atoms with Crippen molar-refractivity contribution >= 4 is 15.7 Å². The maximum atomic E-state index is 12.4. The standard InChI is InChI=1S/C17H26N2O4S/c1-13-17(8-10-23-13)24(20,21)18-11-14-7-9-19(12-14)15-5-3-4-6-16(15)22-2/h3-6,13-14,17-18H,7-12H2,1-2H3/t13-,14+,17+/m0/s1. The van der Waals surface area contributed by atoms with Gasteiger partial charge in [0, 0.05) is 26.2 Å². The monoisotopic (exact) mass is 354 g/mol. The van der Waals surface area contributed by atoms with Crippen molar-refractivity contribution in [3.63, 3.8) is 0 Å². The molecule has 0 aliphatic carbocycles. The average Bonchev–Trinajstić information content (AvgIpc) is 3.22. The summed E-state index contributed by atoms with van der Waals surface area (Å²) < 4.78 is 38.5. The van der Waals surface area contributed by atoms with Crippen molar-refractivity contribution < 1.29 is 17.9 Å². The highest BCUT2D eigenvalue weighted by atomic mass is 32.2. The number of ether oxygens (including phenoxy) is 2. The molecule has 0 bridgehead atoms. The van der Waals surface area contributed by atoms with Crippen LogP contribution in [0.4, 0.5) is 5.69 Å². The van der Waals surface area contributed by atoms with Crippen LogP contribution < -0.4 is 14.4 Å². The van der Waals surface area contributed by atoms with E-state index in [1.165, 1.54) is 0 Å². The van der Waals surface area contributed by atoms with Gasteiger partial charge in [-0.1, -0.05) is 12.1 Å². The molecule has 0 spiro atoms. The third kappa shape index (κ3) is 3.68. The molecular weight excluding hydrogens is 328 g/mol. The molecule has 2 heterocycles. The molecule has 6 nitrogen and oxygen atoms in total. The van der Waals surface area contributed by atoms with Crippen molar-refractivity contribution in [3.8, 4) is 5.75 Å². The second-order valence-electron chi connectivity index (χ2n) is 6.57. The Labute approximate surface area is 144 Å². The summed E-state index contributed by atoms with van der Waals surface area (Å²) in [6.45, 7) is 4.58. The fourth-order valence-electron chi connectivity index (χ4n) is 3.57. The molecule has 1 N–H and O–H groups in total. The van der Waals surface area contributed by atoms with Gasteiger partial charge < -0.3 is 14.4 Å². The second-order valence-corrected chi connectivity index (χ2v) is 8.55. The van der Waals surface area contributed by atoms with Crippen LogP contribution in [0.15, 0.2) is 24.3 Å². The summed E-state index contributed by atoms with van der Waals surface area (Å²) in [6, 6.07) is 7.94. The lowest BCUT2D eigenvalue weighted by atomic mass is 10.1. The van der Waals surface area contributed by atoms with E-state index < -0.39 is 15.3 Å². The van der Waals surface area contributed by atoms with Crippen molar-refractivity contribution in [3.05, 3.63) is 24.3 Å². The molecule has 24 heavy (non-hydrogen) atoms. The molecule has 0 amide bonds. The first kappa shape index (κ1) is 17.5. The van der Waals surface area contributed by atoms with E-state index in [0.29, 0.717) is 25.5 Å². The maximum absolute atomic E-state index is 12.4. The van der Waals surface area contributed by atoms with E-state index in [2.05, 4.69) is 9.62 Å². The summed E-state index contributed by atoms with van der Waals surface area (Å²) >= 11 is 0. The van der Waals surface area contributed by atoms with E-state index in [1.54, 1.807) is 7.11 Å². The van der Waals surface area contributed by atoms with Gasteiger partial charge in [-0.05, 0) is 37.8 Å². The summed E-state index contributed by atoms with van der Waals surface area (Å²) in [5.41, 5.74) is 1.07. The van der Waals surface area contributed by atoms with Gasteiger partial charge >= 0.3 is 0 Å². The first-order chi connectivity index (χ1) is 11.5. The van der Waals surface area contributed by atoms with Crippen molar-refractivity contribution in [2.24, 2.45) is 5.92 Å². The zero-order valence-electron chi connectivity index (χ0n) is 14.3. The number of anilines is 1. The molecule has 0 radical (unpaired) electrons. The number of rotatable bonds is 6. The predicted molar refractivity (Wildman–Crippen MR) is 94.1 cm³/mol. The Morgan fingerprint density at radius 2 is 2.12 bits per heavy atom. The highest BCUT2D eigenvalue weighted by Crippen LogP contribution is 2.32. The lowest BCUT2D eigenvalue weighted by molar-refractivity contribution is 0.126. The number of nitrogens with zero attached hydrogens (tertiary/aromatic N) is 1. The van der Waals surface area contributed by atoms with Crippen LogP contribution in [0.2, 0.25) is 0 Å². The third-order valence-corrected chi connectivity index (χ3v) is 6.98. The van der Waals surface area contributed by atoms with Crippen LogP contribution in [0.5, 0.6) is 5.75 Å². The number of hydrogen-bond acceptors (Lipinski definition) is 5. The summed E-state index contributed by atoms with van der Waals surface area (Å²) in [5.74, 6) is 1.16. The number of benzene rings is 1. The van der Waals surface area contributed by atoms with Crippen molar-refractivity contribution in [1.29, 1.82) is 0 Å². The normalized spacial score (nSPS) is 27.6. The molecular formula is C17H26N2O4S. The Bertz CT molecular complexity index is 664. The molecule has 2 fully saturated rings. The van der Waals surface area contributed by atoms with E-state index in [4.69, 9.17) is 9.47 Å². The van der Waals surface area contributed by atoms with Crippen molar-refractivity contribution in [1.82, 2.24) is 4.72 Å². The second kappa shape index (κ2) is 7.29. The molecule has 7 heteroatoms. The van der Waals surface area contributed by atoms with E-state index in [9.17, 15) is 8.42 Å². The van der Waals surface area contributed by atoms with Gasteiger partial charge in [0.15, 0.2) is 0 Å². The van der Waals surface area contributed by atoms with Gasteiger partial charge in [-0.3, -0.25) is 0 Å². The molecule has 2 saturated heterocycles. The Morgan fingerprint density at radius 1 is 1.33 bits per heavy atom. The number of hydrogen-bond donors (Lipinski definition) is 1. The summed E-state index contributed by atoms with van der Waals surface area (Å²) in [7, 11) is -1.64. The van der Waals surface area contributed by atoms with Crippen LogP contribution in [-0.4, -0.2) is 53.1 Å². The Balaban J connectivity index is 1.57. The van der Waals surface area contributed by atoms with Gasteiger partial charge in [0.25, 0.3) is 0 Å². The fraction of sp³-hybridized carbons (Fsp3) is 0.647. The molecule has 1 aromatic carbocycles. The van der Waals surface area contributed by atoms with Crippen molar-refractivity contribution in [2.75, 3.05) is 38.3 Å². The highest BCUT2D eigenvalue weighted by molar-refractivity contribution is 7.90. The third-order valence-electron chi connectivity index (χ3n) is 4.99. The first-order valence-electron chi connectivity index (χ1n) is 8.49. The summed E-state index contributed by atoms with van der Waals surface area (Å²) in [6.07, 6.45) is 1.32. The predicted octanol–water partition coefficient (Wildman–Crippen LogP) is 1.62. The van der Waals surface area contributed by atoms with E-state index in [1.807, 2.05) is 31.2 Å². The van der Waals surface area contributed by atoms with Crippen LogP contribution in [0.1, 0.15) is 19.8 Å². The molecule has 0 unspecified atom stereocenters. The quantitative estimate of drug-likeness (QED) is 0.841. The summed E-state index contributed by atoms with van der Waals surface area (Å²) in [5, 5.41) is -0.427. The molecule has 2 aliphatic rings. The Kier molecular flexibility index (Phi) is 5.32. The van der Waals surface area contributed by atoms with Crippen LogP contribution in [0.25, 0.3) is 0 Å². The van der Waals surface area contributed by atoms with Crippen LogP contribution in [0.3, 0.4) is 0 Å². The number of nitrogens with one attached hydrogen (secondary N) is 1. The smallest absolute Gasteiger partial charge is 0.217 e. The van der Waals surface area contributed by atoms with E-state index in [0.717, 1.165) is 30.9 Å². The molecule has 1 aromatic rings. The van der Waals surface area contributed by atoms with E-state index in [-0.39, 0.29) is 6.10 Å². The zero-order chi connectivity index (χ0) is 17.2. The molecule has 2 aliphatic heterocycles. The lowest BCUT2D eigenvalue weighted by Crippen LogP contribution is -2.40. The lowest BCUT2D eigenvalue weighted by Gasteiger charge is -2.22. The Morgan fingerprint density at radius 3 is 2.83 bits per heavy atom. The molecule has 134 valence electrons. The molecule has 3 rings (SSSR count). The first-order valence-corrected chi connectivity index (χ1v) is 10.0. The highest BCUT2D eigenvalue weighted by Gasteiger charge is 2.36. The van der Waals surface area contributed by atoms with Gasteiger partial charge in [-0.2, -0.15) is 0 Å². The van der Waals surface area contributed by atoms with Gasteiger partial charge in [-0.25, -0.2) is 13.1 Å². The maximum Gasteiger partial charge on any atom is 0.217 e. The van der Waals surface area contributed by atoms with Crippen LogP contribution in [0, 0.1) is 5.92 Å². The zero-order valence-corrected chi connectivity index (χ0v) is 15.1. The number of para-hydroxylation sites is 2. The van der Waals surface area contributed by atoms with Crippen LogP contribution in [-0.2, 0) is 14.8 Å². The fourth-order valence-corrected chi connectivity index (χ4v) is 5.24. The minimum absolute atomic E-state index is 0.226. The van der Waals surface area contributed by atoms with E-state index >= 15 is 0 Å². The van der Waals surface area contributed by atoms with Gasteiger partial charge in [-0.15, -0.1) is 0 Å². The molecule has 0 aromatic heterocycles. The molecule has 0 saturated carbocycles. The molecule has 3 atom stereocenters. The van der Waals surface area contributed by atoms with Crippen molar-refractivity contribution in [2.45, 2.75) is 31.1 Å². The van der Waals surface area contributed by atoms with Gasteiger partial charge in [0.2, 0.25) is 10.0 Å². The van der Waals surface area contributed by atoms with Crippen LogP contribution >= 0.6 is 0 Å². The largest absolute Gasteiger partial charge is 0.495 e. The minimum atomic E-state index is -3.31. The number of methoxy groups -OCH3 is 1. The van der Waals surface area contributed by atoms with Gasteiger partial charge in [0.05, 0.1) is 18.9 Å². The summed E-state index contributed by atoms with van der Waals surface area (Å²) in [4.78, 5) is 2.26. The minimum Gasteiger partial charge on any atom is -0.495 e. The SMILES string of the molecule is COc1ccccc1N1CC[C@H](CNS(=O)(=O)[C@@H]2CCO[C@H]2C)C1. The average molecular weight is 354 g/mol. The number of sulfonamides is 1.